The minimum absolute atomic E-state index is 0.154. The Morgan fingerprint density at radius 3 is 2.11 bits per heavy atom. The molecule has 114 valence electrons. The summed E-state index contributed by atoms with van der Waals surface area (Å²) in [6, 6.07) is -0.154. The molecular weight excluding hydrogens is 290 g/mol. The molecule has 0 heterocycles. The highest BCUT2D eigenvalue weighted by molar-refractivity contribution is 7.86. The number of rotatable bonds is 6. The van der Waals surface area contributed by atoms with Crippen LogP contribution in [-0.4, -0.2) is 36.7 Å². The highest BCUT2D eigenvalue weighted by atomic mass is 32.2. The van der Waals surface area contributed by atoms with Gasteiger partial charge in [0.25, 0.3) is 5.92 Å². The van der Waals surface area contributed by atoms with Gasteiger partial charge < -0.3 is 5.32 Å². The fraction of sp³-hybridized carbons (Fsp3) is 1.00. The standard InChI is InChI=1S/C10H17F4NO3S/c11-9(12,6-10(13,14)19(16,17)18)7-15-8-4-2-1-3-5-8/h8,15H,1-7H2,(H,16,17,18). The van der Waals surface area contributed by atoms with E-state index in [1.54, 1.807) is 0 Å². The minimum atomic E-state index is -5.82. The first-order chi connectivity index (χ1) is 8.54. The van der Waals surface area contributed by atoms with E-state index in [1.807, 2.05) is 0 Å². The molecule has 0 aromatic carbocycles. The molecule has 1 aliphatic rings. The van der Waals surface area contributed by atoms with Gasteiger partial charge in [0.1, 0.15) is 0 Å². The summed E-state index contributed by atoms with van der Waals surface area (Å²) in [5, 5.41) is -2.37. The Hall–Kier alpha value is -0.410. The maximum atomic E-state index is 13.3. The summed E-state index contributed by atoms with van der Waals surface area (Å²) < 4.78 is 81.0. The summed E-state index contributed by atoms with van der Waals surface area (Å²) >= 11 is 0. The first kappa shape index (κ1) is 16.6. The van der Waals surface area contributed by atoms with Crippen LogP contribution >= 0.6 is 0 Å². The fourth-order valence-corrected chi connectivity index (χ4v) is 2.45. The molecule has 0 bridgehead atoms. The Labute approximate surface area is 109 Å². The van der Waals surface area contributed by atoms with Crippen molar-refractivity contribution < 1.29 is 30.5 Å². The van der Waals surface area contributed by atoms with Crippen LogP contribution in [0.4, 0.5) is 17.6 Å². The molecule has 0 amide bonds. The molecule has 1 rings (SSSR count). The van der Waals surface area contributed by atoms with Crippen LogP contribution in [-0.2, 0) is 10.1 Å². The van der Waals surface area contributed by atoms with Gasteiger partial charge in [0.15, 0.2) is 0 Å². The largest absolute Gasteiger partial charge is 0.375 e. The molecular formula is C10H17F4NO3S. The Morgan fingerprint density at radius 1 is 1.11 bits per heavy atom. The van der Waals surface area contributed by atoms with Gasteiger partial charge in [0.05, 0.1) is 13.0 Å². The van der Waals surface area contributed by atoms with Crippen molar-refractivity contribution in [1.82, 2.24) is 5.32 Å². The van der Waals surface area contributed by atoms with Gasteiger partial charge >= 0.3 is 15.4 Å². The first-order valence-electron chi connectivity index (χ1n) is 6.00. The molecule has 1 saturated carbocycles. The van der Waals surface area contributed by atoms with Gasteiger partial charge in [-0.25, -0.2) is 8.78 Å². The average Bonchev–Trinajstić information content (AvgIpc) is 2.25. The van der Waals surface area contributed by atoms with E-state index >= 15 is 0 Å². The van der Waals surface area contributed by atoms with Crippen LogP contribution in [0.5, 0.6) is 0 Å². The molecule has 0 unspecified atom stereocenters. The third-order valence-corrected chi connectivity index (χ3v) is 4.00. The lowest BCUT2D eigenvalue weighted by molar-refractivity contribution is -0.0735. The Balaban J connectivity index is 2.51. The SMILES string of the molecule is O=S(=O)(O)C(F)(F)CC(F)(F)CNC1CCCCC1. The lowest BCUT2D eigenvalue weighted by Gasteiger charge is -2.27. The zero-order valence-electron chi connectivity index (χ0n) is 10.2. The van der Waals surface area contributed by atoms with Gasteiger partial charge in [-0.2, -0.15) is 17.2 Å². The topological polar surface area (TPSA) is 66.4 Å². The number of alkyl halides is 4. The lowest BCUT2D eigenvalue weighted by Crippen LogP contribution is -2.44. The molecule has 0 atom stereocenters. The van der Waals surface area contributed by atoms with Crippen LogP contribution in [0.2, 0.25) is 0 Å². The van der Waals surface area contributed by atoms with Crippen molar-refractivity contribution in [3.63, 3.8) is 0 Å². The zero-order valence-corrected chi connectivity index (χ0v) is 11.0. The van der Waals surface area contributed by atoms with E-state index in [2.05, 4.69) is 5.32 Å². The Morgan fingerprint density at radius 2 is 1.63 bits per heavy atom. The summed E-state index contributed by atoms with van der Waals surface area (Å²) in [5.74, 6) is -3.91. The van der Waals surface area contributed by atoms with Gasteiger partial charge in [-0.15, -0.1) is 0 Å². The summed E-state index contributed by atoms with van der Waals surface area (Å²) in [5.41, 5.74) is 0. The number of hydrogen-bond acceptors (Lipinski definition) is 3. The van der Waals surface area contributed by atoms with Gasteiger partial charge in [-0.3, -0.25) is 4.55 Å². The van der Waals surface area contributed by atoms with Crippen molar-refractivity contribution in [1.29, 1.82) is 0 Å². The molecule has 9 heteroatoms. The minimum Gasteiger partial charge on any atom is -0.308 e. The van der Waals surface area contributed by atoms with Crippen LogP contribution in [0.3, 0.4) is 0 Å². The highest BCUT2D eigenvalue weighted by Crippen LogP contribution is 2.34. The van der Waals surface area contributed by atoms with E-state index in [4.69, 9.17) is 4.55 Å². The van der Waals surface area contributed by atoms with E-state index < -0.39 is 34.3 Å². The van der Waals surface area contributed by atoms with Crippen LogP contribution in [0.25, 0.3) is 0 Å². The van der Waals surface area contributed by atoms with Gasteiger partial charge in [0.2, 0.25) is 0 Å². The lowest BCUT2D eigenvalue weighted by atomic mass is 9.95. The van der Waals surface area contributed by atoms with Crippen molar-refractivity contribution in [2.75, 3.05) is 6.54 Å². The van der Waals surface area contributed by atoms with Crippen molar-refractivity contribution in [2.45, 2.75) is 55.7 Å². The van der Waals surface area contributed by atoms with Crippen molar-refractivity contribution in [3.8, 4) is 0 Å². The molecule has 0 saturated heterocycles. The van der Waals surface area contributed by atoms with Crippen molar-refractivity contribution in [3.05, 3.63) is 0 Å². The van der Waals surface area contributed by atoms with Crippen LogP contribution in [0.15, 0.2) is 0 Å². The molecule has 0 aliphatic heterocycles. The normalized spacial score (nSPS) is 19.6. The first-order valence-corrected chi connectivity index (χ1v) is 7.44. The van der Waals surface area contributed by atoms with Crippen LogP contribution < -0.4 is 5.32 Å². The van der Waals surface area contributed by atoms with Gasteiger partial charge in [-0.1, -0.05) is 19.3 Å². The van der Waals surface area contributed by atoms with Crippen LogP contribution in [0.1, 0.15) is 38.5 Å². The molecule has 1 fully saturated rings. The zero-order chi connectivity index (χ0) is 14.7. The Bertz CT molecular complexity index is 394. The Kier molecular flexibility index (Phi) is 5.19. The molecule has 0 aromatic rings. The van der Waals surface area contributed by atoms with E-state index in [9.17, 15) is 26.0 Å². The predicted octanol–water partition coefficient (Wildman–Crippen LogP) is 2.41. The van der Waals surface area contributed by atoms with E-state index in [1.165, 1.54) is 0 Å². The van der Waals surface area contributed by atoms with Crippen molar-refractivity contribution >= 4 is 10.1 Å². The van der Waals surface area contributed by atoms with E-state index in [-0.39, 0.29) is 6.04 Å². The van der Waals surface area contributed by atoms with Crippen molar-refractivity contribution in [2.24, 2.45) is 0 Å². The third-order valence-electron chi connectivity index (χ3n) is 3.10. The fourth-order valence-electron chi connectivity index (χ4n) is 2.06. The van der Waals surface area contributed by atoms with E-state index in [0.29, 0.717) is 12.8 Å². The summed E-state index contributed by atoms with van der Waals surface area (Å²) in [7, 11) is -5.82. The molecule has 4 nitrogen and oxygen atoms in total. The molecule has 0 aromatic heterocycles. The second kappa shape index (κ2) is 5.92. The molecule has 19 heavy (non-hydrogen) atoms. The number of hydrogen-bond donors (Lipinski definition) is 2. The third kappa shape index (κ3) is 5.23. The monoisotopic (exact) mass is 307 g/mol. The predicted molar refractivity (Wildman–Crippen MR) is 60.9 cm³/mol. The maximum Gasteiger partial charge on any atom is 0.375 e. The van der Waals surface area contributed by atoms with E-state index in [0.717, 1.165) is 19.3 Å². The smallest absolute Gasteiger partial charge is 0.308 e. The summed E-state index contributed by atoms with van der Waals surface area (Å²) in [6.45, 7) is -1.03. The summed E-state index contributed by atoms with van der Waals surface area (Å²) in [6.07, 6.45) is 1.98. The highest BCUT2D eigenvalue weighted by Gasteiger charge is 2.52. The number of nitrogens with one attached hydrogen (secondary N) is 1. The quantitative estimate of drug-likeness (QED) is 0.584. The van der Waals surface area contributed by atoms with Gasteiger partial charge in [0, 0.05) is 6.04 Å². The molecule has 1 aliphatic carbocycles. The maximum absolute atomic E-state index is 13.3. The molecule has 2 N–H and O–H groups in total. The van der Waals surface area contributed by atoms with Gasteiger partial charge in [-0.05, 0) is 12.8 Å². The number of halogens is 4. The average molecular weight is 307 g/mol. The van der Waals surface area contributed by atoms with Crippen LogP contribution in [0, 0.1) is 0 Å². The molecule has 0 radical (unpaired) electrons. The second-order valence-electron chi connectivity index (χ2n) is 4.86. The molecule has 0 spiro atoms. The summed E-state index contributed by atoms with van der Waals surface area (Å²) in [4.78, 5) is 0. The second-order valence-corrected chi connectivity index (χ2v) is 6.41.